The molecule has 0 aliphatic carbocycles. The molecular weight excluding hydrogens is 308 g/mol. The largest absolute Gasteiger partial charge is 0.385 e. The minimum absolute atomic E-state index is 0.0440. The van der Waals surface area contributed by atoms with Gasteiger partial charge in [0, 0.05) is 37.2 Å². The van der Waals surface area contributed by atoms with Gasteiger partial charge in [0.25, 0.3) is 0 Å². The highest BCUT2D eigenvalue weighted by atomic mass is 79.9. The Morgan fingerprint density at radius 1 is 1.53 bits per heavy atom. The van der Waals surface area contributed by atoms with Crippen LogP contribution in [-0.2, 0) is 16.0 Å². The smallest absolute Gasteiger partial charge is 0.223 e. The van der Waals surface area contributed by atoms with Gasteiger partial charge in [0.1, 0.15) is 0 Å². The van der Waals surface area contributed by atoms with E-state index >= 15 is 0 Å². The summed E-state index contributed by atoms with van der Waals surface area (Å²) >= 11 is 3.44. The number of halogens is 1. The molecule has 0 fully saturated rings. The van der Waals surface area contributed by atoms with Crippen LogP contribution in [0.5, 0.6) is 0 Å². The Labute approximate surface area is 122 Å². The summed E-state index contributed by atoms with van der Waals surface area (Å²) in [5.74, 6) is -0.0386. The summed E-state index contributed by atoms with van der Waals surface area (Å²) in [4.78, 5) is 12.1. The van der Waals surface area contributed by atoms with E-state index in [4.69, 9.17) is 10.5 Å². The molecule has 1 amide bonds. The van der Waals surface area contributed by atoms with Crippen molar-refractivity contribution in [3.8, 4) is 0 Å². The van der Waals surface area contributed by atoms with Gasteiger partial charge in [-0.1, -0.05) is 28.1 Å². The molecule has 0 aromatic heterocycles. The van der Waals surface area contributed by atoms with E-state index < -0.39 is 0 Å². The quantitative estimate of drug-likeness (QED) is 0.763. The SMILES string of the molecule is COCCC(Cc1cccc(Br)c1)C(=O)NCCN. The predicted octanol–water partition coefficient (Wildman–Crippen LogP) is 1.72. The Balaban J connectivity index is 2.65. The topological polar surface area (TPSA) is 64.3 Å². The first-order chi connectivity index (χ1) is 9.17. The van der Waals surface area contributed by atoms with Gasteiger partial charge in [-0.25, -0.2) is 0 Å². The standard InChI is InChI=1S/C14H21BrN2O2/c1-19-8-5-12(14(18)17-7-6-16)9-11-3-2-4-13(15)10-11/h2-4,10,12H,5-9,16H2,1H3,(H,17,18). The van der Waals surface area contributed by atoms with Gasteiger partial charge in [0.2, 0.25) is 5.91 Å². The normalized spacial score (nSPS) is 12.2. The average Bonchev–Trinajstić information content (AvgIpc) is 2.40. The average molecular weight is 329 g/mol. The highest BCUT2D eigenvalue weighted by Gasteiger charge is 2.18. The Hall–Kier alpha value is -0.910. The molecule has 1 unspecified atom stereocenters. The van der Waals surface area contributed by atoms with Crippen molar-refractivity contribution < 1.29 is 9.53 Å². The van der Waals surface area contributed by atoms with Crippen molar-refractivity contribution in [2.24, 2.45) is 11.7 Å². The van der Waals surface area contributed by atoms with E-state index in [1.54, 1.807) is 7.11 Å². The van der Waals surface area contributed by atoms with Gasteiger partial charge >= 0.3 is 0 Å². The summed E-state index contributed by atoms with van der Waals surface area (Å²) in [6.07, 6.45) is 1.42. The van der Waals surface area contributed by atoms with E-state index in [2.05, 4.69) is 21.2 Å². The van der Waals surface area contributed by atoms with Crippen molar-refractivity contribution in [1.82, 2.24) is 5.32 Å². The van der Waals surface area contributed by atoms with Crippen LogP contribution in [0.4, 0.5) is 0 Å². The summed E-state index contributed by atoms with van der Waals surface area (Å²) in [6.45, 7) is 1.55. The molecule has 1 aromatic carbocycles. The summed E-state index contributed by atoms with van der Waals surface area (Å²) in [6, 6.07) is 8.02. The fourth-order valence-electron chi connectivity index (χ4n) is 1.87. The molecule has 1 aromatic rings. The monoisotopic (exact) mass is 328 g/mol. The summed E-state index contributed by atoms with van der Waals surface area (Å²) in [5.41, 5.74) is 6.54. The van der Waals surface area contributed by atoms with Crippen molar-refractivity contribution in [3.63, 3.8) is 0 Å². The first kappa shape index (κ1) is 16.1. The number of carbonyl (C=O) groups is 1. The molecule has 0 heterocycles. The number of carbonyl (C=O) groups excluding carboxylic acids is 1. The minimum Gasteiger partial charge on any atom is -0.385 e. The maximum Gasteiger partial charge on any atom is 0.223 e. The molecule has 4 nitrogen and oxygen atoms in total. The lowest BCUT2D eigenvalue weighted by molar-refractivity contribution is -0.125. The lowest BCUT2D eigenvalue weighted by Gasteiger charge is -2.16. The minimum atomic E-state index is -0.0826. The highest BCUT2D eigenvalue weighted by molar-refractivity contribution is 9.10. The number of amides is 1. The van der Waals surface area contributed by atoms with Crippen LogP contribution in [0.3, 0.4) is 0 Å². The first-order valence-electron chi connectivity index (χ1n) is 6.38. The number of nitrogens with one attached hydrogen (secondary N) is 1. The van der Waals surface area contributed by atoms with Crippen molar-refractivity contribution in [2.45, 2.75) is 12.8 Å². The molecule has 0 bridgehead atoms. The van der Waals surface area contributed by atoms with Gasteiger partial charge in [0.15, 0.2) is 0 Å². The number of methoxy groups -OCH3 is 1. The molecule has 19 heavy (non-hydrogen) atoms. The van der Waals surface area contributed by atoms with E-state index in [1.165, 1.54) is 0 Å². The molecule has 1 rings (SSSR count). The molecule has 0 aliphatic rings. The second-order valence-corrected chi connectivity index (χ2v) is 5.31. The predicted molar refractivity (Wildman–Crippen MR) is 79.9 cm³/mol. The van der Waals surface area contributed by atoms with E-state index in [0.29, 0.717) is 32.5 Å². The van der Waals surface area contributed by atoms with Gasteiger partial charge in [0.05, 0.1) is 0 Å². The van der Waals surface area contributed by atoms with Crippen LogP contribution in [0, 0.1) is 5.92 Å². The summed E-state index contributed by atoms with van der Waals surface area (Å²) in [7, 11) is 1.65. The molecule has 106 valence electrons. The maximum atomic E-state index is 12.1. The molecule has 0 saturated carbocycles. The van der Waals surface area contributed by atoms with E-state index in [1.807, 2.05) is 24.3 Å². The summed E-state index contributed by atoms with van der Waals surface area (Å²) < 4.78 is 6.10. The maximum absolute atomic E-state index is 12.1. The van der Waals surface area contributed by atoms with Crippen LogP contribution in [0.15, 0.2) is 28.7 Å². The Bertz CT molecular complexity index is 399. The summed E-state index contributed by atoms with van der Waals surface area (Å²) in [5, 5.41) is 2.84. The van der Waals surface area contributed by atoms with Crippen LogP contribution in [0.1, 0.15) is 12.0 Å². The van der Waals surface area contributed by atoms with Gasteiger partial charge in [-0.2, -0.15) is 0 Å². The van der Waals surface area contributed by atoms with Crippen molar-refractivity contribution in [3.05, 3.63) is 34.3 Å². The van der Waals surface area contributed by atoms with Crippen LogP contribution < -0.4 is 11.1 Å². The third-order valence-corrected chi connectivity index (χ3v) is 3.35. The number of rotatable bonds is 8. The molecule has 0 radical (unpaired) electrons. The lowest BCUT2D eigenvalue weighted by atomic mass is 9.95. The third kappa shape index (κ3) is 6.18. The zero-order valence-corrected chi connectivity index (χ0v) is 12.8. The van der Waals surface area contributed by atoms with Gasteiger partial charge < -0.3 is 15.8 Å². The highest BCUT2D eigenvalue weighted by Crippen LogP contribution is 2.17. The molecule has 1 atom stereocenters. The Kier molecular flexibility index (Phi) is 7.70. The lowest BCUT2D eigenvalue weighted by Crippen LogP contribution is -2.35. The number of nitrogens with two attached hydrogens (primary N) is 1. The second kappa shape index (κ2) is 9.07. The Morgan fingerprint density at radius 2 is 2.32 bits per heavy atom. The first-order valence-corrected chi connectivity index (χ1v) is 7.17. The van der Waals surface area contributed by atoms with Crippen LogP contribution >= 0.6 is 15.9 Å². The molecule has 0 aliphatic heterocycles. The Morgan fingerprint density at radius 3 is 2.95 bits per heavy atom. The number of benzene rings is 1. The van der Waals surface area contributed by atoms with Gasteiger partial charge in [-0.3, -0.25) is 4.79 Å². The third-order valence-electron chi connectivity index (χ3n) is 2.86. The number of ether oxygens (including phenoxy) is 1. The van der Waals surface area contributed by atoms with Crippen molar-refractivity contribution in [1.29, 1.82) is 0 Å². The van der Waals surface area contributed by atoms with Crippen LogP contribution in [-0.4, -0.2) is 32.7 Å². The molecular formula is C14H21BrN2O2. The van der Waals surface area contributed by atoms with Crippen LogP contribution in [0.2, 0.25) is 0 Å². The van der Waals surface area contributed by atoms with E-state index in [9.17, 15) is 4.79 Å². The fraction of sp³-hybridized carbons (Fsp3) is 0.500. The number of hydrogen-bond acceptors (Lipinski definition) is 3. The molecule has 5 heteroatoms. The zero-order valence-electron chi connectivity index (χ0n) is 11.2. The number of hydrogen-bond donors (Lipinski definition) is 2. The van der Waals surface area contributed by atoms with Crippen LogP contribution in [0.25, 0.3) is 0 Å². The zero-order chi connectivity index (χ0) is 14.1. The second-order valence-electron chi connectivity index (χ2n) is 4.39. The molecule has 0 spiro atoms. The van der Waals surface area contributed by atoms with Crippen molar-refractivity contribution >= 4 is 21.8 Å². The fourth-order valence-corrected chi connectivity index (χ4v) is 2.32. The van der Waals surface area contributed by atoms with Gasteiger partial charge in [-0.05, 0) is 30.5 Å². The van der Waals surface area contributed by atoms with Crippen molar-refractivity contribution in [2.75, 3.05) is 26.8 Å². The van der Waals surface area contributed by atoms with Gasteiger partial charge in [-0.15, -0.1) is 0 Å². The van der Waals surface area contributed by atoms with E-state index in [0.717, 1.165) is 10.0 Å². The molecule has 3 N–H and O–H groups in total. The molecule has 0 saturated heterocycles. The van der Waals surface area contributed by atoms with E-state index in [-0.39, 0.29) is 11.8 Å².